The van der Waals surface area contributed by atoms with Crippen LogP contribution in [0.2, 0.25) is 0 Å². The molecule has 1 aliphatic rings. The predicted molar refractivity (Wildman–Crippen MR) is 38.4 cm³/mol. The highest BCUT2D eigenvalue weighted by Gasteiger charge is 2.05. The van der Waals surface area contributed by atoms with Gasteiger partial charge in [0.2, 0.25) is 0 Å². The lowest BCUT2D eigenvalue weighted by Gasteiger charge is -2.08. The van der Waals surface area contributed by atoms with Crippen LogP contribution in [0.4, 0.5) is 0 Å². The Labute approximate surface area is 60.2 Å². The van der Waals surface area contributed by atoms with Gasteiger partial charge in [-0.25, -0.2) is 0 Å². The van der Waals surface area contributed by atoms with Gasteiger partial charge in [-0.15, -0.1) is 0 Å². The van der Waals surface area contributed by atoms with E-state index < -0.39 is 0 Å². The minimum Gasteiger partial charge on any atom is -0.497 e. The summed E-state index contributed by atoms with van der Waals surface area (Å²) < 4.78 is 4.94. The quantitative estimate of drug-likeness (QED) is 0.537. The summed E-state index contributed by atoms with van der Waals surface area (Å²) in [5, 5.41) is 0. The Morgan fingerprint density at radius 1 is 1.80 bits per heavy atom. The highest BCUT2D eigenvalue weighted by Crippen LogP contribution is 2.13. The van der Waals surface area contributed by atoms with Gasteiger partial charge in [-0.2, -0.15) is 0 Å². The van der Waals surface area contributed by atoms with Crippen LogP contribution >= 0.6 is 0 Å². The topological polar surface area (TPSA) is 26.3 Å². The van der Waals surface area contributed by atoms with Crippen molar-refractivity contribution in [3.05, 3.63) is 24.0 Å². The van der Waals surface area contributed by atoms with Crippen LogP contribution in [-0.2, 0) is 9.53 Å². The number of rotatable bonds is 2. The minimum absolute atomic E-state index is 0.0545. The van der Waals surface area contributed by atoms with E-state index in [0.717, 1.165) is 18.5 Å². The van der Waals surface area contributed by atoms with Crippen LogP contribution in [0.25, 0.3) is 0 Å². The van der Waals surface area contributed by atoms with Crippen molar-refractivity contribution in [2.24, 2.45) is 5.92 Å². The molecule has 0 radical (unpaired) electrons. The van der Waals surface area contributed by atoms with Gasteiger partial charge in [0.25, 0.3) is 0 Å². The monoisotopic (exact) mass is 138 g/mol. The van der Waals surface area contributed by atoms with Crippen LogP contribution in [-0.4, -0.2) is 13.4 Å². The normalized spacial score (nSPS) is 23.7. The van der Waals surface area contributed by atoms with Crippen LogP contribution in [0.1, 0.15) is 6.42 Å². The lowest BCUT2D eigenvalue weighted by molar-refractivity contribution is -0.109. The molecule has 2 nitrogen and oxygen atoms in total. The zero-order valence-corrected chi connectivity index (χ0v) is 5.91. The third-order valence-corrected chi connectivity index (χ3v) is 1.51. The number of allylic oxidation sites excluding steroid dienone is 3. The Hall–Kier alpha value is -1.05. The van der Waals surface area contributed by atoms with Crippen molar-refractivity contribution in [1.29, 1.82) is 0 Å². The van der Waals surface area contributed by atoms with Crippen molar-refractivity contribution >= 4 is 6.29 Å². The molecule has 0 amide bonds. The van der Waals surface area contributed by atoms with Gasteiger partial charge >= 0.3 is 0 Å². The fraction of sp³-hybridized carbons (Fsp3) is 0.375. The van der Waals surface area contributed by atoms with E-state index in [0.29, 0.717) is 0 Å². The molecular weight excluding hydrogens is 128 g/mol. The van der Waals surface area contributed by atoms with E-state index in [9.17, 15) is 4.79 Å². The van der Waals surface area contributed by atoms with Crippen LogP contribution in [0.5, 0.6) is 0 Å². The molecule has 0 heterocycles. The summed E-state index contributed by atoms with van der Waals surface area (Å²) in [7, 11) is 1.62. The van der Waals surface area contributed by atoms with E-state index in [2.05, 4.69) is 0 Å². The Morgan fingerprint density at radius 3 is 3.00 bits per heavy atom. The molecule has 0 aromatic rings. The van der Waals surface area contributed by atoms with Crippen LogP contribution < -0.4 is 0 Å². The molecular formula is C8H10O2. The summed E-state index contributed by atoms with van der Waals surface area (Å²) in [6.45, 7) is 0. The van der Waals surface area contributed by atoms with Crippen molar-refractivity contribution in [2.45, 2.75) is 6.42 Å². The number of carbonyl (C=O) groups is 1. The number of hydrogen-bond donors (Lipinski definition) is 0. The first-order valence-corrected chi connectivity index (χ1v) is 3.24. The number of hydrogen-bond acceptors (Lipinski definition) is 2. The molecule has 10 heavy (non-hydrogen) atoms. The molecule has 0 saturated heterocycles. The number of ether oxygens (including phenoxy) is 1. The van der Waals surface area contributed by atoms with Gasteiger partial charge in [0.15, 0.2) is 0 Å². The average Bonchev–Trinajstić information content (AvgIpc) is 2.05. The molecule has 0 bridgehead atoms. The van der Waals surface area contributed by atoms with Gasteiger partial charge < -0.3 is 9.53 Å². The van der Waals surface area contributed by atoms with Crippen molar-refractivity contribution in [3.63, 3.8) is 0 Å². The van der Waals surface area contributed by atoms with E-state index in [1.54, 1.807) is 7.11 Å². The molecule has 2 heteroatoms. The molecule has 1 aliphatic carbocycles. The fourth-order valence-electron chi connectivity index (χ4n) is 0.870. The van der Waals surface area contributed by atoms with Crippen LogP contribution in [0.3, 0.4) is 0 Å². The molecule has 54 valence electrons. The Bertz CT molecular complexity index is 180. The van der Waals surface area contributed by atoms with Crippen molar-refractivity contribution in [1.82, 2.24) is 0 Å². The second kappa shape index (κ2) is 3.20. The third-order valence-electron chi connectivity index (χ3n) is 1.51. The van der Waals surface area contributed by atoms with Gasteiger partial charge in [-0.3, -0.25) is 0 Å². The number of methoxy groups -OCH3 is 1. The first-order chi connectivity index (χ1) is 4.86. The van der Waals surface area contributed by atoms with Crippen molar-refractivity contribution < 1.29 is 9.53 Å². The van der Waals surface area contributed by atoms with Crippen molar-refractivity contribution in [2.75, 3.05) is 7.11 Å². The minimum atomic E-state index is 0.0545. The summed E-state index contributed by atoms with van der Waals surface area (Å²) in [6, 6.07) is 0. The second-order valence-electron chi connectivity index (χ2n) is 2.21. The summed E-state index contributed by atoms with van der Waals surface area (Å²) in [5.74, 6) is 0.900. The van der Waals surface area contributed by atoms with E-state index in [1.807, 2.05) is 18.2 Å². The Balaban J connectivity index is 2.54. The molecule has 0 N–H and O–H groups in total. The SMILES string of the molecule is COC1=CCC(C=O)C=C1. The smallest absolute Gasteiger partial charge is 0.127 e. The molecule has 1 atom stereocenters. The predicted octanol–water partition coefficient (Wildman–Crippen LogP) is 1.29. The Morgan fingerprint density at radius 2 is 2.60 bits per heavy atom. The average molecular weight is 138 g/mol. The Kier molecular flexibility index (Phi) is 2.26. The lowest BCUT2D eigenvalue weighted by Crippen LogP contribution is -2.01. The summed E-state index contributed by atoms with van der Waals surface area (Å²) >= 11 is 0. The van der Waals surface area contributed by atoms with Gasteiger partial charge in [0.05, 0.1) is 7.11 Å². The third kappa shape index (κ3) is 1.47. The molecule has 0 aromatic heterocycles. The number of carbonyl (C=O) groups excluding carboxylic acids is 1. The van der Waals surface area contributed by atoms with Gasteiger partial charge in [-0.05, 0) is 18.6 Å². The van der Waals surface area contributed by atoms with Crippen LogP contribution in [0, 0.1) is 5.92 Å². The van der Waals surface area contributed by atoms with E-state index in [-0.39, 0.29) is 5.92 Å². The summed E-state index contributed by atoms with van der Waals surface area (Å²) in [5.41, 5.74) is 0. The molecule has 1 unspecified atom stereocenters. The molecule has 0 spiro atoms. The highest BCUT2D eigenvalue weighted by atomic mass is 16.5. The maximum Gasteiger partial charge on any atom is 0.127 e. The van der Waals surface area contributed by atoms with Gasteiger partial charge in [0, 0.05) is 5.92 Å². The highest BCUT2D eigenvalue weighted by molar-refractivity contribution is 5.58. The lowest BCUT2D eigenvalue weighted by atomic mass is 10.0. The molecule has 0 fully saturated rings. The maximum atomic E-state index is 10.2. The zero-order valence-electron chi connectivity index (χ0n) is 5.91. The molecule has 0 aliphatic heterocycles. The first kappa shape index (κ1) is 7.06. The zero-order chi connectivity index (χ0) is 7.40. The van der Waals surface area contributed by atoms with E-state index in [1.165, 1.54) is 0 Å². The standard InChI is InChI=1S/C8H10O2/c1-10-8-4-2-7(6-9)3-5-8/h2,4-7H,3H2,1H3. The van der Waals surface area contributed by atoms with Gasteiger partial charge in [-0.1, -0.05) is 6.08 Å². The largest absolute Gasteiger partial charge is 0.497 e. The second-order valence-corrected chi connectivity index (χ2v) is 2.21. The molecule has 0 aromatic carbocycles. The maximum absolute atomic E-state index is 10.2. The summed E-state index contributed by atoms with van der Waals surface area (Å²) in [6.07, 6.45) is 7.30. The fourth-order valence-corrected chi connectivity index (χ4v) is 0.870. The van der Waals surface area contributed by atoms with Crippen molar-refractivity contribution in [3.8, 4) is 0 Å². The van der Waals surface area contributed by atoms with Gasteiger partial charge in [0.1, 0.15) is 12.0 Å². The summed E-state index contributed by atoms with van der Waals surface area (Å²) in [4.78, 5) is 10.2. The number of aldehydes is 1. The molecule has 1 rings (SSSR count). The van der Waals surface area contributed by atoms with Crippen LogP contribution in [0.15, 0.2) is 24.0 Å². The van der Waals surface area contributed by atoms with E-state index in [4.69, 9.17) is 4.74 Å². The molecule has 0 saturated carbocycles. The first-order valence-electron chi connectivity index (χ1n) is 3.24. The van der Waals surface area contributed by atoms with E-state index >= 15 is 0 Å².